The molecule has 8 heteroatoms. The number of carbonyl (C=O) groups is 2. The lowest BCUT2D eigenvalue weighted by Crippen LogP contribution is -2.26. The van der Waals surface area contributed by atoms with E-state index in [0.29, 0.717) is 0 Å². The Balaban J connectivity index is 3.07. The zero-order valence-electron chi connectivity index (χ0n) is 10.9. The van der Waals surface area contributed by atoms with E-state index >= 15 is 0 Å². The molecule has 20 heavy (non-hydrogen) atoms. The number of nitro benzene ring substituents is 1. The van der Waals surface area contributed by atoms with Gasteiger partial charge in [-0.1, -0.05) is 0 Å². The minimum atomic E-state index is -1.26. The highest BCUT2D eigenvalue weighted by atomic mass is 16.6. The van der Waals surface area contributed by atoms with Gasteiger partial charge in [0.1, 0.15) is 0 Å². The van der Waals surface area contributed by atoms with Gasteiger partial charge in [0.05, 0.1) is 17.1 Å². The Morgan fingerprint density at radius 1 is 1.45 bits per heavy atom. The fraction of sp³-hybridized carbons (Fsp3) is 0.333. The number of nitro groups is 1. The topological polar surface area (TPSA) is 116 Å². The summed E-state index contributed by atoms with van der Waals surface area (Å²) in [6.07, 6.45) is -1.09. The minimum absolute atomic E-state index is 0.143. The average Bonchev–Trinajstić information content (AvgIpc) is 2.38. The van der Waals surface area contributed by atoms with Crippen molar-refractivity contribution in [2.24, 2.45) is 0 Å². The molecule has 0 radical (unpaired) electrons. The predicted octanol–water partition coefficient (Wildman–Crippen LogP) is 1.62. The van der Waals surface area contributed by atoms with Crippen molar-refractivity contribution < 1.29 is 29.1 Å². The summed E-state index contributed by atoms with van der Waals surface area (Å²) in [6, 6.07) is 3.09. The van der Waals surface area contributed by atoms with Gasteiger partial charge in [-0.15, -0.1) is 0 Å². The molecule has 0 aliphatic rings. The number of rotatable bonds is 6. The first-order valence-corrected chi connectivity index (χ1v) is 5.71. The van der Waals surface area contributed by atoms with Gasteiger partial charge < -0.3 is 14.6 Å². The number of esters is 1. The van der Waals surface area contributed by atoms with Crippen molar-refractivity contribution in [3.8, 4) is 5.75 Å². The maximum atomic E-state index is 11.4. The van der Waals surface area contributed by atoms with Crippen LogP contribution in [0.1, 0.15) is 24.2 Å². The Bertz CT molecular complexity index is 541. The van der Waals surface area contributed by atoms with Crippen molar-refractivity contribution in [1.82, 2.24) is 0 Å². The molecule has 1 atom stereocenters. The zero-order chi connectivity index (χ0) is 15.3. The standard InChI is InChI=1S/C12H13NO7/c1-3-19-12(16)7(2)20-10-6-8(11(14)15)4-5-9(10)13(17)18/h4-7H,3H2,1-2H3,(H,14,15). The Hall–Kier alpha value is -2.64. The second kappa shape index (κ2) is 6.50. The fourth-order valence-electron chi connectivity index (χ4n) is 1.39. The van der Waals surface area contributed by atoms with Crippen LogP contribution in [0.15, 0.2) is 18.2 Å². The molecule has 1 rings (SSSR count). The molecule has 0 aliphatic carbocycles. The van der Waals surface area contributed by atoms with Gasteiger partial charge in [0.15, 0.2) is 11.9 Å². The second-order valence-corrected chi connectivity index (χ2v) is 3.76. The van der Waals surface area contributed by atoms with E-state index in [1.807, 2.05) is 0 Å². The van der Waals surface area contributed by atoms with Crippen LogP contribution in [0.5, 0.6) is 5.75 Å². The van der Waals surface area contributed by atoms with Crippen molar-refractivity contribution in [3.63, 3.8) is 0 Å². The molecule has 0 spiro atoms. The number of carbonyl (C=O) groups excluding carboxylic acids is 1. The molecular formula is C12H13NO7. The first-order valence-electron chi connectivity index (χ1n) is 5.71. The fourth-order valence-corrected chi connectivity index (χ4v) is 1.39. The number of ether oxygens (including phenoxy) is 2. The van der Waals surface area contributed by atoms with E-state index < -0.39 is 28.7 Å². The van der Waals surface area contributed by atoms with E-state index in [-0.39, 0.29) is 17.9 Å². The van der Waals surface area contributed by atoms with Crippen LogP contribution in [0.4, 0.5) is 5.69 Å². The van der Waals surface area contributed by atoms with Gasteiger partial charge in [0, 0.05) is 12.1 Å². The molecule has 1 aromatic rings. The summed E-state index contributed by atoms with van der Waals surface area (Å²) in [6.45, 7) is 3.11. The third-order valence-electron chi connectivity index (χ3n) is 2.33. The first-order chi connectivity index (χ1) is 9.36. The van der Waals surface area contributed by atoms with E-state index in [1.54, 1.807) is 6.92 Å². The molecular weight excluding hydrogens is 270 g/mol. The van der Waals surface area contributed by atoms with Crippen LogP contribution in [0.25, 0.3) is 0 Å². The Kier molecular flexibility index (Phi) is 5.01. The normalized spacial score (nSPS) is 11.5. The molecule has 0 aromatic heterocycles. The van der Waals surface area contributed by atoms with Crippen LogP contribution in [-0.4, -0.2) is 34.7 Å². The smallest absolute Gasteiger partial charge is 0.347 e. The van der Waals surface area contributed by atoms with Crippen molar-refractivity contribution in [1.29, 1.82) is 0 Å². The number of hydrogen-bond donors (Lipinski definition) is 1. The summed E-state index contributed by atoms with van der Waals surface area (Å²) in [5, 5.41) is 19.7. The van der Waals surface area contributed by atoms with Crippen molar-refractivity contribution in [2.45, 2.75) is 20.0 Å². The molecule has 0 amide bonds. The summed E-state index contributed by atoms with van der Waals surface area (Å²) >= 11 is 0. The van der Waals surface area contributed by atoms with E-state index in [2.05, 4.69) is 0 Å². The van der Waals surface area contributed by atoms with Crippen LogP contribution < -0.4 is 4.74 Å². The molecule has 0 aliphatic heterocycles. The van der Waals surface area contributed by atoms with E-state index in [4.69, 9.17) is 14.6 Å². The quantitative estimate of drug-likeness (QED) is 0.479. The van der Waals surface area contributed by atoms with E-state index in [9.17, 15) is 19.7 Å². The van der Waals surface area contributed by atoms with Gasteiger partial charge in [-0.25, -0.2) is 9.59 Å². The SMILES string of the molecule is CCOC(=O)C(C)Oc1cc(C(=O)O)ccc1[N+](=O)[O-]. The van der Waals surface area contributed by atoms with E-state index in [1.165, 1.54) is 6.92 Å². The number of benzene rings is 1. The third-order valence-corrected chi connectivity index (χ3v) is 2.33. The van der Waals surface area contributed by atoms with Gasteiger partial charge in [-0.3, -0.25) is 10.1 Å². The van der Waals surface area contributed by atoms with E-state index in [0.717, 1.165) is 18.2 Å². The number of hydrogen-bond acceptors (Lipinski definition) is 6. The summed E-state index contributed by atoms with van der Waals surface area (Å²) in [5.74, 6) is -2.24. The highest BCUT2D eigenvalue weighted by Gasteiger charge is 2.23. The highest BCUT2D eigenvalue weighted by molar-refractivity contribution is 5.88. The molecule has 1 unspecified atom stereocenters. The second-order valence-electron chi connectivity index (χ2n) is 3.76. The van der Waals surface area contributed by atoms with Crippen LogP contribution >= 0.6 is 0 Å². The Morgan fingerprint density at radius 2 is 2.10 bits per heavy atom. The predicted molar refractivity (Wildman–Crippen MR) is 66.8 cm³/mol. The van der Waals surface area contributed by atoms with Crippen molar-refractivity contribution in [3.05, 3.63) is 33.9 Å². The Labute approximate surface area is 114 Å². The monoisotopic (exact) mass is 283 g/mol. The molecule has 0 saturated carbocycles. The summed E-state index contributed by atoms with van der Waals surface area (Å²) in [5.41, 5.74) is -0.604. The van der Waals surface area contributed by atoms with Crippen LogP contribution in [0, 0.1) is 10.1 Å². The lowest BCUT2D eigenvalue weighted by molar-refractivity contribution is -0.386. The van der Waals surface area contributed by atoms with Gasteiger partial charge in [0.2, 0.25) is 0 Å². The summed E-state index contributed by atoms with van der Waals surface area (Å²) in [4.78, 5) is 32.4. The molecule has 8 nitrogen and oxygen atoms in total. The van der Waals surface area contributed by atoms with Crippen LogP contribution in [-0.2, 0) is 9.53 Å². The summed E-state index contributed by atoms with van der Waals surface area (Å²) in [7, 11) is 0. The lowest BCUT2D eigenvalue weighted by Gasteiger charge is -2.13. The molecule has 0 saturated heterocycles. The van der Waals surface area contributed by atoms with Crippen molar-refractivity contribution in [2.75, 3.05) is 6.61 Å². The van der Waals surface area contributed by atoms with Gasteiger partial charge >= 0.3 is 17.6 Å². The molecule has 0 fully saturated rings. The number of aromatic carboxylic acids is 1. The maximum absolute atomic E-state index is 11.4. The highest BCUT2D eigenvalue weighted by Crippen LogP contribution is 2.29. The largest absolute Gasteiger partial charge is 0.478 e. The van der Waals surface area contributed by atoms with Crippen molar-refractivity contribution >= 4 is 17.6 Å². The summed E-state index contributed by atoms with van der Waals surface area (Å²) < 4.78 is 9.84. The first kappa shape index (κ1) is 15.4. The lowest BCUT2D eigenvalue weighted by atomic mass is 10.2. The zero-order valence-corrected chi connectivity index (χ0v) is 10.9. The average molecular weight is 283 g/mol. The molecule has 0 heterocycles. The van der Waals surface area contributed by atoms with Crippen LogP contribution in [0.3, 0.4) is 0 Å². The maximum Gasteiger partial charge on any atom is 0.347 e. The number of carboxylic acids is 1. The van der Waals surface area contributed by atoms with Gasteiger partial charge in [-0.2, -0.15) is 0 Å². The third kappa shape index (κ3) is 3.67. The van der Waals surface area contributed by atoms with Gasteiger partial charge in [0.25, 0.3) is 0 Å². The van der Waals surface area contributed by atoms with Gasteiger partial charge in [-0.05, 0) is 19.9 Å². The molecule has 0 bridgehead atoms. The molecule has 1 aromatic carbocycles. The minimum Gasteiger partial charge on any atom is -0.478 e. The number of carboxylic acid groups (broad SMARTS) is 1. The van der Waals surface area contributed by atoms with Crippen LogP contribution in [0.2, 0.25) is 0 Å². The number of nitrogens with zero attached hydrogens (tertiary/aromatic N) is 1. The molecule has 108 valence electrons. The Morgan fingerprint density at radius 3 is 2.60 bits per heavy atom. The molecule has 1 N–H and O–H groups in total.